The lowest BCUT2D eigenvalue weighted by Crippen LogP contribution is -2.46. The van der Waals surface area contributed by atoms with E-state index in [2.05, 4.69) is 15.6 Å². The van der Waals surface area contributed by atoms with Gasteiger partial charge in [-0.1, -0.05) is 37.3 Å². The van der Waals surface area contributed by atoms with Crippen LogP contribution in [0.1, 0.15) is 25.8 Å². The van der Waals surface area contributed by atoms with Crippen LogP contribution >= 0.6 is 0 Å². The van der Waals surface area contributed by atoms with Crippen molar-refractivity contribution in [1.82, 2.24) is 10.6 Å². The predicted octanol–water partition coefficient (Wildman–Crippen LogP) is 3.18. The Morgan fingerprint density at radius 1 is 1.07 bits per heavy atom. The van der Waals surface area contributed by atoms with Crippen LogP contribution in [-0.2, 0) is 16.3 Å². The highest BCUT2D eigenvalue weighted by Crippen LogP contribution is 2.12. The minimum absolute atomic E-state index is 0.00408. The second-order valence-corrected chi connectivity index (χ2v) is 8.52. The highest BCUT2D eigenvalue weighted by molar-refractivity contribution is 7.91. The molecule has 152 valence electrons. The molecule has 1 unspecified atom stereocenters. The van der Waals surface area contributed by atoms with E-state index in [0.717, 1.165) is 5.56 Å². The summed E-state index contributed by atoms with van der Waals surface area (Å²) in [6.07, 6.45) is 1.32. The molecular formula is C21H28FN3O2S. The third-order valence-corrected chi connectivity index (χ3v) is 6.12. The van der Waals surface area contributed by atoms with Gasteiger partial charge in [0.1, 0.15) is 5.82 Å². The fourth-order valence-corrected chi connectivity index (χ4v) is 4.32. The number of hydrogen-bond donors (Lipinski definition) is 2. The summed E-state index contributed by atoms with van der Waals surface area (Å²) in [6, 6.07) is 14.6. The lowest BCUT2D eigenvalue weighted by molar-refractivity contribution is 0.569. The first-order valence-electron chi connectivity index (χ1n) is 9.51. The van der Waals surface area contributed by atoms with Gasteiger partial charge in [0.15, 0.2) is 15.8 Å². The van der Waals surface area contributed by atoms with Crippen LogP contribution in [0, 0.1) is 5.82 Å². The molecule has 28 heavy (non-hydrogen) atoms. The number of guanidine groups is 1. The van der Waals surface area contributed by atoms with Gasteiger partial charge in [-0.2, -0.15) is 0 Å². The summed E-state index contributed by atoms with van der Waals surface area (Å²) >= 11 is 0. The van der Waals surface area contributed by atoms with E-state index in [0.29, 0.717) is 36.8 Å². The van der Waals surface area contributed by atoms with Crippen molar-refractivity contribution in [1.29, 1.82) is 0 Å². The van der Waals surface area contributed by atoms with Crippen molar-refractivity contribution in [2.45, 2.75) is 37.6 Å². The van der Waals surface area contributed by atoms with Crippen LogP contribution in [0.15, 0.2) is 64.5 Å². The highest BCUT2D eigenvalue weighted by Gasteiger charge is 2.20. The average molecular weight is 406 g/mol. The maximum atomic E-state index is 13.0. The van der Waals surface area contributed by atoms with Crippen molar-refractivity contribution < 1.29 is 12.8 Å². The number of sulfone groups is 1. The molecule has 0 saturated carbocycles. The molecule has 0 fully saturated rings. The number of aliphatic imine (C=N–C) groups is 1. The topological polar surface area (TPSA) is 70.6 Å². The second-order valence-electron chi connectivity index (χ2n) is 6.48. The van der Waals surface area contributed by atoms with Crippen LogP contribution in [0.4, 0.5) is 4.39 Å². The van der Waals surface area contributed by atoms with E-state index < -0.39 is 9.84 Å². The van der Waals surface area contributed by atoms with E-state index >= 15 is 0 Å². The lowest BCUT2D eigenvalue weighted by Gasteiger charge is -2.20. The van der Waals surface area contributed by atoms with Gasteiger partial charge >= 0.3 is 0 Å². The molecule has 2 aromatic rings. The molecule has 7 heteroatoms. The van der Waals surface area contributed by atoms with Gasteiger partial charge in [-0.05, 0) is 49.6 Å². The Balaban J connectivity index is 2.00. The Morgan fingerprint density at radius 3 is 2.36 bits per heavy atom. The first-order chi connectivity index (χ1) is 13.4. The Bertz CT molecular complexity index is 853. The van der Waals surface area contributed by atoms with Gasteiger partial charge in [-0.25, -0.2) is 12.8 Å². The number of halogens is 1. The molecule has 0 bridgehead atoms. The Morgan fingerprint density at radius 2 is 1.75 bits per heavy atom. The molecule has 0 aromatic heterocycles. The largest absolute Gasteiger partial charge is 0.357 e. The molecule has 2 aromatic carbocycles. The van der Waals surface area contributed by atoms with Crippen molar-refractivity contribution in [2.75, 3.05) is 18.8 Å². The SMILES string of the molecule is CCNC(=NCCc1ccc(F)cc1)NC(CC)CS(=O)(=O)c1ccccc1. The summed E-state index contributed by atoms with van der Waals surface area (Å²) < 4.78 is 38.3. The third-order valence-electron chi connectivity index (χ3n) is 4.28. The van der Waals surface area contributed by atoms with Crippen molar-refractivity contribution in [3.8, 4) is 0 Å². The fourth-order valence-electron chi connectivity index (χ4n) is 2.71. The van der Waals surface area contributed by atoms with Crippen LogP contribution in [0.25, 0.3) is 0 Å². The van der Waals surface area contributed by atoms with Gasteiger partial charge < -0.3 is 10.6 Å². The quantitative estimate of drug-likeness (QED) is 0.497. The first-order valence-corrected chi connectivity index (χ1v) is 11.2. The molecule has 0 aliphatic carbocycles. The standard InChI is InChI=1S/C21H28FN3O2S/c1-3-19(16-28(26,27)20-8-6-5-7-9-20)25-21(23-4-2)24-15-14-17-10-12-18(22)13-11-17/h5-13,19H,3-4,14-16H2,1-2H3,(H2,23,24,25). The number of nitrogens with zero attached hydrogens (tertiary/aromatic N) is 1. The first kappa shape index (κ1) is 21.9. The van der Waals surface area contributed by atoms with E-state index in [-0.39, 0.29) is 17.6 Å². The number of nitrogens with one attached hydrogen (secondary N) is 2. The minimum Gasteiger partial charge on any atom is -0.357 e. The number of rotatable bonds is 9. The van der Waals surface area contributed by atoms with E-state index in [1.54, 1.807) is 42.5 Å². The van der Waals surface area contributed by atoms with Crippen molar-refractivity contribution in [3.63, 3.8) is 0 Å². The minimum atomic E-state index is -3.38. The van der Waals surface area contributed by atoms with Gasteiger partial charge in [-0.15, -0.1) is 0 Å². The average Bonchev–Trinajstić information content (AvgIpc) is 2.69. The molecule has 0 saturated heterocycles. The smallest absolute Gasteiger partial charge is 0.191 e. The summed E-state index contributed by atoms with van der Waals surface area (Å²) in [5, 5.41) is 6.38. The van der Waals surface area contributed by atoms with Gasteiger partial charge in [0.25, 0.3) is 0 Å². The van der Waals surface area contributed by atoms with Crippen molar-refractivity contribution >= 4 is 15.8 Å². The van der Waals surface area contributed by atoms with Gasteiger partial charge in [0.05, 0.1) is 10.6 Å². The molecule has 0 aliphatic rings. The zero-order valence-corrected chi connectivity index (χ0v) is 17.2. The molecule has 5 nitrogen and oxygen atoms in total. The summed E-state index contributed by atoms with van der Waals surface area (Å²) in [6.45, 7) is 5.09. The zero-order chi connectivity index (χ0) is 20.4. The second kappa shape index (κ2) is 10.8. The molecule has 0 radical (unpaired) electrons. The highest BCUT2D eigenvalue weighted by atomic mass is 32.2. The summed E-state index contributed by atoms with van der Waals surface area (Å²) in [7, 11) is -3.38. The molecule has 0 spiro atoms. The number of hydrogen-bond acceptors (Lipinski definition) is 3. The summed E-state index contributed by atoms with van der Waals surface area (Å²) in [4.78, 5) is 4.85. The Labute approximate surface area is 167 Å². The fraction of sp³-hybridized carbons (Fsp3) is 0.381. The van der Waals surface area contributed by atoms with Crippen molar-refractivity contribution in [2.24, 2.45) is 4.99 Å². The van der Waals surface area contributed by atoms with E-state index in [1.165, 1.54) is 12.1 Å². The maximum Gasteiger partial charge on any atom is 0.191 e. The summed E-state index contributed by atoms with van der Waals surface area (Å²) in [5.41, 5.74) is 1.000. The van der Waals surface area contributed by atoms with Crippen molar-refractivity contribution in [3.05, 3.63) is 66.0 Å². The van der Waals surface area contributed by atoms with Gasteiger partial charge in [0.2, 0.25) is 0 Å². The molecule has 2 N–H and O–H groups in total. The van der Waals surface area contributed by atoms with Crippen LogP contribution in [-0.4, -0.2) is 39.3 Å². The molecule has 0 aliphatic heterocycles. The number of benzene rings is 2. The van der Waals surface area contributed by atoms with Crippen LogP contribution in [0.5, 0.6) is 0 Å². The van der Waals surface area contributed by atoms with Crippen LogP contribution in [0.3, 0.4) is 0 Å². The molecule has 0 heterocycles. The summed E-state index contributed by atoms with van der Waals surface area (Å²) in [5.74, 6) is 0.322. The molecular weight excluding hydrogens is 377 g/mol. The predicted molar refractivity (Wildman–Crippen MR) is 112 cm³/mol. The lowest BCUT2D eigenvalue weighted by atomic mass is 10.1. The van der Waals surface area contributed by atoms with E-state index in [4.69, 9.17) is 0 Å². The zero-order valence-electron chi connectivity index (χ0n) is 16.4. The van der Waals surface area contributed by atoms with Gasteiger partial charge in [0, 0.05) is 19.1 Å². The third kappa shape index (κ3) is 6.96. The van der Waals surface area contributed by atoms with Crippen LogP contribution in [0.2, 0.25) is 0 Å². The molecule has 2 rings (SSSR count). The monoisotopic (exact) mass is 405 g/mol. The Kier molecular flexibility index (Phi) is 8.44. The molecule has 1 atom stereocenters. The molecule has 0 amide bonds. The maximum absolute atomic E-state index is 13.0. The van der Waals surface area contributed by atoms with E-state index in [1.807, 2.05) is 13.8 Å². The van der Waals surface area contributed by atoms with Crippen LogP contribution < -0.4 is 10.6 Å². The van der Waals surface area contributed by atoms with E-state index in [9.17, 15) is 12.8 Å². The Hall–Kier alpha value is -2.41. The normalized spacial score (nSPS) is 13.2. The van der Waals surface area contributed by atoms with Gasteiger partial charge in [-0.3, -0.25) is 4.99 Å².